The smallest absolute Gasteiger partial charge is 0.407 e. The van der Waals surface area contributed by atoms with Crippen LogP contribution in [-0.2, 0) is 11.2 Å². The number of hydrogen-bond donors (Lipinski definition) is 1. The van der Waals surface area contributed by atoms with Gasteiger partial charge in [-0.2, -0.15) is 0 Å². The lowest BCUT2D eigenvalue weighted by molar-refractivity contribution is 0.00694. The van der Waals surface area contributed by atoms with Gasteiger partial charge < -0.3 is 19.5 Å². The van der Waals surface area contributed by atoms with Gasteiger partial charge in [0.05, 0.1) is 5.56 Å². The van der Waals surface area contributed by atoms with E-state index in [1.54, 1.807) is 24.3 Å². The maximum atomic E-state index is 12.2. The fraction of sp³-hybridized carbons (Fsp3) is 0.417. The zero-order valence-electron chi connectivity index (χ0n) is 17.7. The summed E-state index contributed by atoms with van der Waals surface area (Å²) in [5.74, 6) is 0.293. The second-order valence-corrected chi connectivity index (χ2v) is 8.61. The second kappa shape index (κ2) is 9.20. The van der Waals surface area contributed by atoms with Gasteiger partial charge in [0.25, 0.3) is 0 Å². The number of nitrogens with zero attached hydrogens (tertiary/aromatic N) is 1. The monoisotopic (exact) mass is 411 g/mol. The Morgan fingerprint density at radius 3 is 2.33 bits per heavy atom. The molecular weight excluding hydrogens is 382 g/mol. The van der Waals surface area contributed by atoms with Gasteiger partial charge in [-0.1, -0.05) is 30.3 Å². The van der Waals surface area contributed by atoms with Crippen molar-refractivity contribution in [3.63, 3.8) is 0 Å². The number of rotatable bonds is 5. The van der Waals surface area contributed by atoms with Gasteiger partial charge in [0, 0.05) is 25.4 Å². The summed E-state index contributed by atoms with van der Waals surface area (Å²) in [4.78, 5) is 25.3. The second-order valence-electron chi connectivity index (χ2n) is 8.61. The maximum absolute atomic E-state index is 12.2. The molecule has 1 aliphatic heterocycles. The summed E-state index contributed by atoms with van der Waals surface area (Å²) in [7, 11) is 0. The minimum atomic E-state index is -0.893. The van der Waals surface area contributed by atoms with Gasteiger partial charge in [-0.25, -0.2) is 9.59 Å². The molecule has 0 saturated carbocycles. The normalized spacial score (nSPS) is 19.2. The molecule has 0 radical (unpaired) electrons. The number of carboxylic acid groups (broad SMARTS) is 1. The predicted molar refractivity (Wildman–Crippen MR) is 114 cm³/mol. The molecule has 2 aromatic rings. The summed E-state index contributed by atoms with van der Waals surface area (Å²) < 4.78 is 11.5. The Balaban J connectivity index is 1.63. The molecular formula is C24H29NO5. The Hall–Kier alpha value is -3.02. The lowest BCUT2D eigenvalue weighted by Gasteiger charge is -2.38. The highest BCUT2D eigenvalue weighted by atomic mass is 16.6. The van der Waals surface area contributed by atoms with Crippen LogP contribution in [0.4, 0.5) is 4.79 Å². The highest BCUT2D eigenvalue weighted by Gasteiger charge is 2.32. The van der Waals surface area contributed by atoms with E-state index in [9.17, 15) is 14.7 Å². The molecule has 1 aliphatic rings. The summed E-state index contributed by atoms with van der Waals surface area (Å²) in [6, 6.07) is 16.7. The van der Waals surface area contributed by atoms with E-state index in [4.69, 9.17) is 9.47 Å². The van der Waals surface area contributed by atoms with E-state index in [1.165, 1.54) is 4.90 Å². The predicted octanol–water partition coefficient (Wildman–Crippen LogP) is 4.77. The minimum absolute atomic E-state index is 0.0818. The van der Waals surface area contributed by atoms with Crippen LogP contribution in [-0.4, -0.2) is 46.4 Å². The van der Waals surface area contributed by atoms with Gasteiger partial charge >= 0.3 is 12.1 Å². The van der Waals surface area contributed by atoms with E-state index >= 15 is 0 Å². The van der Waals surface area contributed by atoms with Crippen LogP contribution in [0, 0.1) is 0 Å². The van der Waals surface area contributed by atoms with Crippen LogP contribution in [0.5, 0.6) is 5.75 Å². The van der Waals surface area contributed by atoms with E-state index in [0.29, 0.717) is 37.1 Å². The Bertz CT molecular complexity index is 857. The van der Waals surface area contributed by atoms with Crippen LogP contribution in [0.1, 0.15) is 49.5 Å². The van der Waals surface area contributed by atoms with E-state index in [-0.39, 0.29) is 18.1 Å². The average Bonchev–Trinajstić information content (AvgIpc) is 2.68. The topological polar surface area (TPSA) is 76.1 Å². The molecule has 1 amide bonds. The van der Waals surface area contributed by atoms with Gasteiger partial charge in [-0.15, -0.1) is 0 Å². The van der Waals surface area contributed by atoms with Crippen molar-refractivity contribution in [2.45, 2.75) is 57.8 Å². The Morgan fingerprint density at radius 2 is 1.73 bits per heavy atom. The molecule has 6 heteroatoms. The first kappa shape index (κ1) is 21.7. The number of piperidine rings is 1. The summed E-state index contributed by atoms with van der Waals surface area (Å²) in [5.41, 5.74) is 1.04. The lowest BCUT2D eigenvalue weighted by atomic mass is 9.94. The summed E-state index contributed by atoms with van der Waals surface area (Å²) in [5, 5.41) is 9.57. The lowest BCUT2D eigenvalue weighted by Crippen LogP contribution is -2.49. The van der Waals surface area contributed by atoms with Crippen molar-refractivity contribution in [3.8, 4) is 5.75 Å². The molecule has 30 heavy (non-hydrogen) atoms. The van der Waals surface area contributed by atoms with E-state index in [1.807, 2.05) is 51.1 Å². The zero-order valence-corrected chi connectivity index (χ0v) is 17.7. The number of amides is 1. The van der Waals surface area contributed by atoms with Crippen LogP contribution in [0.15, 0.2) is 54.6 Å². The van der Waals surface area contributed by atoms with E-state index in [2.05, 4.69) is 0 Å². The third kappa shape index (κ3) is 5.99. The average molecular weight is 411 g/mol. The quantitative estimate of drug-likeness (QED) is 0.717. The van der Waals surface area contributed by atoms with Crippen molar-refractivity contribution in [2.24, 2.45) is 0 Å². The summed E-state index contributed by atoms with van der Waals surface area (Å²) in [6.45, 7) is 5.93. The third-order valence-corrected chi connectivity index (χ3v) is 5.02. The highest BCUT2D eigenvalue weighted by molar-refractivity contribution is 5.89. The van der Waals surface area contributed by atoms with Gasteiger partial charge in [0.1, 0.15) is 17.5 Å². The van der Waals surface area contributed by atoms with E-state index < -0.39 is 11.7 Å². The molecule has 160 valence electrons. The third-order valence-electron chi connectivity index (χ3n) is 5.02. The molecule has 3 rings (SSSR count). The molecule has 0 bridgehead atoms. The molecule has 1 fully saturated rings. The van der Waals surface area contributed by atoms with E-state index in [0.717, 1.165) is 5.56 Å². The van der Waals surface area contributed by atoms with Crippen molar-refractivity contribution >= 4 is 12.1 Å². The molecule has 6 nitrogen and oxygen atoms in total. The molecule has 2 unspecified atom stereocenters. The first-order valence-electron chi connectivity index (χ1n) is 10.2. The molecule has 1 heterocycles. The van der Waals surface area contributed by atoms with Crippen molar-refractivity contribution in [1.29, 1.82) is 0 Å². The Labute approximate surface area is 177 Å². The van der Waals surface area contributed by atoms with Gasteiger partial charge in [-0.05, 0) is 57.0 Å². The van der Waals surface area contributed by atoms with Crippen LogP contribution in [0.25, 0.3) is 0 Å². The van der Waals surface area contributed by atoms with Crippen LogP contribution in [0.3, 0.4) is 0 Å². The number of ether oxygens (including phenoxy) is 2. The minimum Gasteiger partial charge on any atom is -0.490 e. The zero-order chi connectivity index (χ0) is 21.7. The number of hydrogen-bond acceptors (Lipinski definition) is 4. The summed E-state index contributed by atoms with van der Waals surface area (Å²) >= 11 is 0. The number of likely N-dealkylation sites (tertiary alicyclic amines) is 1. The molecule has 0 aliphatic carbocycles. The standard InChI is InChI=1S/C24H29NO5/c1-24(2,3)30-22(26)18-9-11-20(12-10-18)29-21-13-14-25(23(27)28)19(16-21)15-17-7-5-4-6-8-17/h4-12,19,21H,13-16H2,1-3H3,(H,27,28). The highest BCUT2D eigenvalue weighted by Crippen LogP contribution is 2.26. The molecule has 1 saturated heterocycles. The largest absolute Gasteiger partial charge is 0.490 e. The van der Waals surface area contributed by atoms with Gasteiger partial charge in [0.2, 0.25) is 0 Å². The SMILES string of the molecule is CC(C)(C)OC(=O)c1ccc(OC2CCN(C(=O)O)C(Cc3ccccc3)C2)cc1. The van der Waals surface area contributed by atoms with Gasteiger partial charge in [-0.3, -0.25) is 0 Å². The Morgan fingerprint density at radius 1 is 1.07 bits per heavy atom. The number of carbonyl (C=O) groups is 2. The molecule has 0 spiro atoms. The number of benzene rings is 2. The number of carbonyl (C=O) groups excluding carboxylic acids is 1. The molecule has 2 atom stereocenters. The fourth-order valence-corrected chi connectivity index (χ4v) is 3.65. The van der Waals surface area contributed by atoms with Crippen LogP contribution in [0.2, 0.25) is 0 Å². The molecule has 1 N–H and O–H groups in total. The first-order valence-corrected chi connectivity index (χ1v) is 10.2. The summed E-state index contributed by atoms with van der Waals surface area (Å²) in [6.07, 6.45) is 0.933. The van der Waals surface area contributed by atoms with Gasteiger partial charge in [0.15, 0.2) is 0 Å². The van der Waals surface area contributed by atoms with Crippen molar-refractivity contribution in [2.75, 3.05) is 6.54 Å². The fourth-order valence-electron chi connectivity index (χ4n) is 3.65. The van der Waals surface area contributed by atoms with Crippen molar-refractivity contribution in [3.05, 3.63) is 65.7 Å². The number of esters is 1. The van der Waals surface area contributed by atoms with Crippen LogP contribution < -0.4 is 4.74 Å². The first-order chi connectivity index (χ1) is 14.2. The van der Waals surface area contributed by atoms with Crippen LogP contribution >= 0.6 is 0 Å². The molecule has 2 aromatic carbocycles. The maximum Gasteiger partial charge on any atom is 0.407 e. The Kier molecular flexibility index (Phi) is 6.65. The van der Waals surface area contributed by atoms with Crippen molar-refractivity contribution < 1.29 is 24.2 Å². The van der Waals surface area contributed by atoms with Crippen molar-refractivity contribution in [1.82, 2.24) is 4.90 Å². The molecule has 0 aromatic heterocycles.